The zero-order valence-corrected chi connectivity index (χ0v) is 8.87. The van der Waals surface area contributed by atoms with Crippen LogP contribution in [0.15, 0.2) is 15.9 Å². The van der Waals surface area contributed by atoms with Crippen molar-refractivity contribution in [2.75, 3.05) is 13.1 Å². The van der Waals surface area contributed by atoms with Crippen LogP contribution in [0, 0.1) is 0 Å². The van der Waals surface area contributed by atoms with E-state index in [0.717, 1.165) is 30.3 Å². The summed E-state index contributed by atoms with van der Waals surface area (Å²) in [6.07, 6.45) is 3.73. The van der Waals surface area contributed by atoms with Crippen molar-refractivity contribution in [3.05, 3.63) is 11.6 Å². The number of thiazole rings is 1. The molecule has 1 atom stereocenters. The first kappa shape index (κ1) is 9.30. The molecule has 1 aliphatic heterocycles. The Morgan fingerprint density at radius 1 is 1.54 bits per heavy atom. The summed E-state index contributed by atoms with van der Waals surface area (Å²) in [5.74, 6) is 0. The fourth-order valence-electron chi connectivity index (χ4n) is 1.46. The number of nitrogens with zero attached hydrogens (tertiary/aromatic N) is 1. The summed E-state index contributed by atoms with van der Waals surface area (Å²) in [4.78, 5) is 4.09. The Hall–Kier alpha value is -0.260. The van der Waals surface area contributed by atoms with Crippen LogP contribution in [0.1, 0.15) is 12.8 Å². The van der Waals surface area contributed by atoms with Crippen molar-refractivity contribution >= 4 is 22.1 Å². The van der Waals surface area contributed by atoms with E-state index in [1.54, 1.807) is 6.20 Å². The average molecular weight is 216 g/mol. The topological polar surface area (TPSA) is 42.0 Å². The SMILES string of the molecule is O=[S@](c1nccs1)C1CCNCC1. The molecule has 3 nitrogen and oxygen atoms in total. The largest absolute Gasteiger partial charge is 0.317 e. The lowest BCUT2D eigenvalue weighted by Gasteiger charge is -2.20. The Morgan fingerprint density at radius 3 is 2.92 bits per heavy atom. The highest BCUT2D eigenvalue weighted by atomic mass is 32.2. The van der Waals surface area contributed by atoms with Crippen molar-refractivity contribution in [3.8, 4) is 0 Å². The Kier molecular flexibility index (Phi) is 3.08. The molecular formula is C8H12N2OS2. The van der Waals surface area contributed by atoms with Gasteiger partial charge in [0.2, 0.25) is 0 Å². The van der Waals surface area contributed by atoms with Crippen LogP contribution in [-0.4, -0.2) is 27.5 Å². The summed E-state index contributed by atoms with van der Waals surface area (Å²) in [6, 6.07) is 0. The Balaban J connectivity index is 2.04. The maximum Gasteiger partial charge on any atom is 0.180 e. The summed E-state index contributed by atoms with van der Waals surface area (Å²) < 4.78 is 12.7. The molecule has 2 rings (SSSR count). The summed E-state index contributed by atoms with van der Waals surface area (Å²) in [7, 11) is -0.871. The van der Waals surface area contributed by atoms with E-state index in [4.69, 9.17) is 0 Å². The first-order valence-corrected chi connectivity index (χ1v) is 6.48. The van der Waals surface area contributed by atoms with Gasteiger partial charge in [0.15, 0.2) is 4.34 Å². The van der Waals surface area contributed by atoms with E-state index in [9.17, 15) is 4.21 Å². The zero-order chi connectivity index (χ0) is 9.10. The van der Waals surface area contributed by atoms with Crippen molar-refractivity contribution in [1.82, 2.24) is 10.3 Å². The quantitative estimate of drug-likeness (QED) is 0.802. The molecule has 1 aliphatic rings. The Morgan fingerprint density at radius 2 is 2.31 bits per heavy atom. The summed E-state index contributed by atoms with van der Waals surface area (Å²) in [6.45, 7) is 1.98. The van der Waals surface area contributed by atoms with Crippen LogP contribution in [0.5, 0.6) is 0 Å². The molecule has 1 saturated heterocycles. The molecule has 0 amide bonds. The molecule has 0 bridgehead atoms. The van der Waals surface area contributed by atoms with Gasteiger partial charge in [-0.3, -0.25) is 4.21 Å². The Labute approximate surface area is 84.0 Å². The highest BCUT2D eigenvalue weighted by Gasteiger charge is 2.22. The molecule has 0 unspecified atom stereocenters. The smallest absolute Gasteiger partial charge is 0.180 e. The van der Waals surface area contributed by atoms with Crippen LogP contribution in [0.3, 0.4) is 0 Å². The van der Waals surface area contributed by atoms with E-state index in [-0.39, 0.29) is 0 Å². The molecule has 72 valence electrons. The predicted octanol–water partition coefficient (Wildman–Crippen LogP) is 1.00. The van der Waals surface area contributed by atoms with Gasteiger partial charge in [0, 0.05) is 16.8 Å². The van der Waals surface area contributed by atoms with Crippen molar-refractivity contribution in [3.63, 3.8) is 0 Å². The number of piperidine rings is 1. The molecule has 1 aromatic rings. The van der Waals surface area contributed by atoms with Crippen LogP contribution in [0.2, 0.25) is 0 Å². The molecule has 0 saturated carbocycles. The van der Waals surface area contributed by atoms with Gasteiger partial charge in [0.1, 0.15) is 0 Å². The van der Waals surface area contributed by atoms with Gasteiger partial charge in [0.05, 0.1) is 10.8 Å². The van der Waals surface area contributed by atoms with Crippen molar-refractivity contribution in [2.45, 2.75) is 22.4 Å². The lowest BCUT2D eigenvalue weighted by atomic mass is 10.2. The maximum absolute atomic E-state index is 11.9. The first-order valence-electron chi connectivity index (χ1n) is 4.39. The molecule has 0 spiro atoms. The first-order chi connectivity index (χ1) is 6.38. The van der Waals surface area contributed by atoms with E-state index in [1.165, 1.54) is 11.3 Å². The van der Waals surface area contributed by atoms with E-state index >= 15 is 0 Å². The van der Waals surface area contributed by atoms with Gasteiger partial charge < -0.3 is 5.32 Å². The minimum Gasteiger partial charge on any atom is -0.317 e. The molecule has 1 N–H and O–H groups in total. The van der Waals surface area contributed by atoms with Gasteiger partial charge in [-0.2, -0.15) is 0 Å². The van der Waals surface area contributed by atoms with E-state index in [0.29, 0.717) is 5.25 Å². The monoisotopic (exact) mass is 216 g/mol. The third-order valence-electron chi connectivity index (χ3n) is 2.17. The molecule has 1 aromatic heterocycles. The Bertz CT molecular complexity index is 280. The predicted molar refractivity (Wildman–Crippen MR) is 54.4 cm³/mol. The fraction of sp³-hybridized carbons (Fsp3) is 0.625. The number of aromatic nitrogens is 1. The van der Waals surface area contributed by atoms with Crippen molar-refractivity contribution in [2.24, 2.45) is 0 Å². The lowest BCUT2D eigenvalue weighted by Crippen LogP contribution is -2.33. The van der Waals surface area contributed by atoms with E-state index in [2.05, 4.69) is 10.3 Å². The fourth-order valence-corrected chi connectivity index (χ4v) is 3.89. The molecule has 1 fully saturated rings. The minimum absolute atomic E-state index is 0.312. The summed E-state index contributed by atoms with van der Waals surface area (Å²) in [5, 5.41) is 5.46. The molecule has 0 aliphatic carbocycles. The normalized spacial score (nSPS) is 21.5. The minimum atomic E-state index is -0.871. The molecule has 0 radical (unpaired) electrons. The van der Waals surface area contributed by atoms with E-state index < -0.39 is 10.8 Å². The third kappa shape index (κ3) is 2.15. The molecule has 13 heavy (non-hydrogen) atoms. The van der Waals surface area contributed by atoms with Crippen LogP contribution in [0.25, 0.3) is 0 Å². The summed E-state index contributed by atoms with van der Waals surface area (Å²) >= 11 is 1.49. The molecular weight excluding hydrogens is 204 g/mol. The van der Waals surface area contributed by atoms with Crippen molar-refractivity contribution in [1.29, 1.82) is 0 Å². The van der Waals surface area contributed by atoms with Gasteiger partial charge in [-0.05, 0) is 25.9 Å². The molecule has 0 aromatic carbocycles. The zero-order valence-electron chi connectivity index (χ0n) is 7.23. The second-order valence-electron chi connectivity index (χ2n) is 3.04. The maximum atomic E-state index is 11.9. The second-order valence-corrected chi connectivity index (χ2v) is 5.85. The van der Waals surface area contributed by atoms with Gasteiger partial charge in [-0.15, -0.1) is 11.3 Å². The highest BCUT2D eigenvalue weighted by Crippen LogP contribution is 2.19. The lowest BCUT2D eigenvalue weighted by molar-refractivity contribution is 0.519. The van der Waals surface area contributed by atoms with Gasteiger partial charge >= 0.3 is 0 Å². The highest BCUT2D eigenvalue weighted by molar-refractivity contribution is 7.87. The van der Waals surface area contributed by atoms with Crippen LogP contribution in [-0.2, 0) is 10.8 Å². The number of hydrogen-bond donors (Lipinski definition) is 1. The average Bonchev–Trinajstić information content (AvgIpc) is 2.71. The van der Waals surface area contributed by atoms with E-state index in [1.807, 2.05) is 5.38 Å². The van der Waals surface area contributed by atoms with Gasteiger partial charge in [-0.25, -0.2) is 4.98 Å². The standard InChI is InChI=1S/C8H12N2OS2/c11-13(8-10-5-6-12-8)7-1-3-9-4-2-7/h5-7,9H,1-4H2/t13-/m0/s1. The number of nitrogens with one attached hydrogen (secondary N) is 1. The molecule has 2 heterocycles. The number of rotatable bonds is 2. The summed E-state index contributed by atoms with van der Waals surface area (Å²) in [5.41, 5.74) is 0. The molecule has 5 heteroatoms. The van der Waals surface area contributed by atoms with Crippen molar-refractivity contribution < 1.29 is 4.21 Å². The second kappa shape index (κ2) is 4.30. The van der Waals surface area contributed by atoms with Gasteiger partial charge in [-0.1, -0.05) is 0 Å². The van der Waals surface area contributed by atoms with Crippen LogP contribution < -0.4 is 5.32 Å². The third-order valence-corrected chi connectivity index (χ3v) is 5.04. The van der Waals surface area contributed by atoms with Gasteiger partial charge in [0.25, 0.3) is 0 Å². The van der Waals surface area contributed by atoms with Crippen LogP contribution >= 0.6 is 11.3 Å². The number of hydrogen-bond acceptors (Lipinski definition) is 4. The van der Waals surface area contributed by atoms with Crippen LogP contribution in [0.4, 0.5) is 0 Å².